The number of hydrogen-bond acceptors (Lipinski definition) is 3. The van der Waals surface area contributed by atoms with Crippen LogP contribution in [0.4, 0.5) is 10.1 Å². The molecule has 3 rings (SSSR count). The van der Waals surface area contributed by atoms with Gasteiger partial charge in [0.1, 0.15) is 5.82 Å². The van der Waals surface area contributed by atoms with E-state index in [1.807, 2.05) is 4.90 Å². The topological polar surface area (TPSA) is 52.7 Å². The normalized spacial score (nSPS) is 27.0. The number of rotatable bonds is 4. The van der Waals surface area contributed by atoms with Crippen LogP contribution in [0, 0.1) is 11.7 Å². The van der Waals surface area contributed by atoms with Gasteiger partial charge in [-0.2, -0.15) is 0 Å². The number of hydrogen-bond donors (Lipinski definition) is 1. The number of anilines is 1. The van der Waals surface area contributed by atoms with Gasteiger partial charge in [-0.15, -0.1) is 0 Å². The molecule has 1 N–H and O–H groups in total. The zero-order valence-corrected chi connectivity index (χ0v) is 14.9. The van der Waals surface area contributed by atoms with Gasteiger partial charge in [-0.1, -0.05) is 25.5 Å². The number of benzene rings is 1. The van der Waals surface area contributed by atoms with Gasteiger partial charge in [-0.3, -0.25) is 9.59 Å². The molecule has 2 saturated heterocycles. The highest BCUT2D eigenvalue weighted by atomic mass is 19.1. The van der Waals surface area contributed by atoms with Crippen molar-refractivity contribution in [2.24, 2.45) is 5.92 Å². The third-order valence-corrected chi connectivity index (χ3v) is 5.47. The summed E-state index contributed by atoms with van der Waals surface area (Å²) in [6.45, 7) is 5.71. The fourth-order valence-electron chi connectivity index (χ4n) is 3.95. The fraction of sp³-hybridized carbons (Fsp3) is 0.579. The summed E-state index contributed by atoms with van der Waals surface area (Å²) in [7, 11) is 0. The van der Waals surface area contributed by atoms with Gasteiger partial charge in [0.25, 0.3) is 0 Å². The van der Waals surface area contributed by atoms with E-state index in [9.17, 15) is 14.0 Å². The third kappa shape index (κ3) is 3.68. The van der Waals surface area contributed by atoms with E-state index in [1.54, 1.807) is 30.0 Å². The molecule has 0 bridgehead atoms. The number of carbonyl (C=O) groups is 2. The molecule has 2 aliphatic rings. The summed E-state index contributed by atoms with van der Waals surface area (Å²) in [6, 6.07) is 6.35. The monoisotopic (exact) mass is 347 g/mol. The Kier molecular flexibility index (Phi) is 5.37. The van der Waals surface area contributed by atoms with Crippen LogP contribution in [-0.4, -0.2) is 48.4 Å². The lowest BCUT2D eigenvalue weighted by molar-refractivity contribution is -0.131. The number of likely N-dealkylation sites (tertiary alicyclic amines) is 1. The Bertz CT molecular complexity index is 651. The number of nitrogens with zero attached hydrogens (tertiary/aromatic N) is 2. The molecule has 3 atom stereocenters. The Morgan fingerprint density at radius 3 is 2.72 bits per heavy atom. The highest BCUT2D eigenvalue weighted by molar-refractivity contribution is 5.99. The zero-order chi connectivity index (χ0) is 18.0. The predicted molar refractivity (Wildman–Crippen MR) is 94.7 cm³/mol. The fourth-order valence-corrected chi connectivity index (χ4v) is 3.95. The van der Waals surface area contributed by atoms with Crippen molar-refractivity contribution in [3.8, 4) is 0 Å². The van der Waals surface area contributed by atoms with E-state index in [2.05, 4.69) is 12.2 Å². The number of amides is 2. The van der Waals surface area contributed by atoms with Crippen LogP contribution in [-0.2, 0) is 9.59 Å². The maximum absolute atomic E-state index is 14.0. The minimum atomic E-state index is -0.363. The third-order valence-electron chi connectivity index (χ3n) is 5.47. The molecule has 0 saturated carbocycles. The van der Waals surface area contributed by atoms with E-state index in [-0.39, 0.29) is 29.7 Å². The minimum absolute atomic E-state index is 0.0612. The van der Waals surface area contributed by atoms with Crippen molar-refractivity contribution >= 4 is 17.5 Å². The molecule has 0 radical (unpaired) electrons. The maximum Gasteiger partial charge on any atom is 0.244 e. The van der Waals surface area contributed by atoms with Crippen molar-refractivity contribution in [1.82, 2.24) is 10.2 Å². The summed E-state index contributed by atoms with van der Waals surface area (Å²) in [6.07, 6.45) is 2.48. The maximum atomic E-state index is 14.0. The second-order valence-electron chi connectivity index (χ2n) is 6.98. The van der Waals surface area contributed by atoms with E-state index in [1.165, 1.54) is 6.07 Å². The number of piperidine rings is 1. The summed E-state index contributed by atoms with van der Waals surface area (Å²) in [5.41, 5.74) is 0.357. The van der Waals surface area contributed by atoms with Crippen molar-refractivity contribution in [2.75, 3.05) is 24.5 Å². The van der Waals surface area contributed by atoms with E-state index in [4.69, 9.17) is 0 Å². The summed E-state index contributed by atoms with van der Waals surface area (Å²) >= 11 is 0. The molecule has 0 unspecified atom stereocenters. The van der Waals surface area contributed by atoms with Crippen molar-refractivity contribution in [3.05, 3.63) is 30.1 Å². The van der Waals surface area contributed by atoms with Crippen LogP contribution in [0.3, 0.4) is 0 Å². The first-order chi connectivity index (χ1) is 12.0. The highest BCUT2D eigenvalue weighted by Crippen LogP contribution is 2.27. The summed E-state index contributed by atoms with van der Waals surface area (Å²) in [5, 5.41) is 3.50. The van der Waals surface area contributed by atoms with Gasteiger partial charge in [0.05, 0.1) is 11.7 Å². The van der Waals surface area contributed by atoms with E-state index >= 15 is 0 Å². The lowest BCUT2D eigenvalue weighted by atomic mass is 9.89. The van der Waals surface area contributed by atoms with Gasteiger partial charge in [0.15, 0.2) is 0 Å². The van der Waals surface area contributed by atoms with Gasteiger partial charge in [-0.05, 0) is 30.9 Å². The molecule has 1 aromatic rings. The lowest BCUT2D eigenvalue weighted by Crippen LogP contribution is -2.54. The Hall–Kier alpha value is -1.95. The van der Waals surface area contributed by atoms with E-state index in [0.29, 0.717) is 24.6 Å². The van der Waals surface area contributed by atoms with Gasteiger partial charge < -0.3 is 15.1 Å². The quantitative estimate of drug-likeness (QED) is 0.908. The minimum Gasteiger partial charge on any atom is -0.343 e. The first kappa shape index (κ1) is 17.9. The van der Waals surface area contributed by atoms with Crippen molar-refractivity contribution in [3.63, 3.8) is 0 Å². The van der Waals surface area contributed by atoms with Crippen molar-refractivity contribution < 1.29 is 14.0 Å². The van der Waals surface area contributed by atoms with E-state index < -0.39 is 0 Å². The molecule has 1 aromatic carbocycles. The van der Waals surface area contributed by atoms with Crippen LogP contribution in [0.15, 0.2) is 24.3 Å². The Labute approximate surface area is 148 Å². The Morgan fingerprint density at radius 2 is 2.04 bits per heavy atom. The van der Waals surface area contributed by atoms with Gasteiger partial charge in [-0.25, -0.2) is 4.39 Å². The molecule has 2 aliphatic heterocycles. The van der Waals surface area contributed by atoms with Gasteiger partial charge in [0, 0.05) is 32.6 Å². The van der Waals surface area contributed by atoms with Crippen molar-refractivity contribution in [1.29, 1.82) is 0 Å². The molecule has 0 aromatic heterocycles. The first-order valence-corrected chi connectivity index (χ1v) is 9.08. The van der Waals surface area contributed by atoms with Crippen LogP contribution < -0.4 is 10.2 Å². The summed E-state index contributed by atoms with van der Waals surface area (Å²) < 4.78 is 14.0. The SMILES string of the molecule is CC[C@@H]1CN(C(C)=O)CC[C@H]1N[C@H]1CCN(c2ccccc2F)C1=O. The molecule has 2 fully saturated rings. The molecule has 5 nitrogen and oxygen atoms in total. The molecule has 0 spiro atoms. The number of halogens is 1. The van der Waals surface area contributed by atoms with Crippen LogP contribution in [0.2, 0.25) is 0 Å². The molecule has 136 valence electrons. The number of para-hydroxylation sites is 1. The molecular formula is C19H26FN3O2. The molecular weight excluding hydrogens is 321 g/mol. The molecule has 2 heterocycles. The average Bonchev–Trinajstić information content (AvgIpc) is 2.96. The predicted octanol–water partition coefficient (Wildman–Crippen LogP) is 2.17. The lowest BCUT2D eigenvalue weighted by Gasteiger charge is -2.39. The van der Waals surface area contributed by atoms with Crippen LogP contribution in [0.1, 0.15) is 33.1 Å². The van der Waals surface area contributed by atoms with Crippen molar-refractivity contribution in [2.45, 2.75) is 45.2 Å². The average molecular weight is 347 g/mol. The van der Waals surface area contributed by atoms with Crippen LogP contribution in [0.5, 0.6) is 0 Å². The number of nitrogens with one attached hydrogen (secondary N) is 1. The standard InChI is InChI=1S/C19H26FN3O2/c1-3-14-12-22(13(2)24)10-8-16(14)21-17-9-11-23(19(17)25)18-7-5-4-6-15(18)20/h4-7,14,16-17,21H,3,8-12H2,1-2H3/t14-,16-,17+/m1/s1. The second-order valence-corrected chi connectivity index (χ2v) is 6.98. The molecule has 25 heavy (non-hydrogen) atoms. The molecule has 2 amide bonds. The van der Waals surface area contributed by atoms with Gasteiger partial charge in [0.2, 0.25) is 11.8 Å². The molecule has 6 heteroatoms. The first-order valence-electron chi connectivity index (χ1n) is 9.08. The van der Waals surface area contributed by atoms with E-state index in [0.717, 1.165) is 25.9 Å². The summed E-state index contributed by atoms with van der Waals surface area (Å²) in [4.78, 5) is 27.8. The van der Waals surface area contributed by atoms with Crippen LogP contribution >= 0.6 is 0 Å². The largest absolute Gasteiger partial charge is 0.343 e. The zero-order valence-electron chi connectivity index (χ0n) is 14.9. The highest BCUT2D eigenvalue weighted by Gasteiger charge is 2.37. The molecule has 0 aliphatic carbocycles. The smallest absolute Gasteiger partial charge is 0.244 e. The summed E-state index contributed by atoms with van der Waals surface area (Å²) in [5.74, 6) is 0.0270. The van der Waals surface area contributed by atoms with Gasteiger partial charge >= 0.3 is 0 Å². The Morgan fingerprint density at radius 1 is 1.28 bits per heavy atom. The second kappa shape index (κ2) is 7.52. The number of carbonyl (C=O) groups excluding carboxylic acids is 2. The Balaban J connectivity index is 1.65. The van der Waals surface area contributed by atoms with Crippen LogP contribution in [0.25, 0.3) is 0 Å².